The molecule has 19 heavy (non-hydrogen) atoms. The summed E-state index contributed by atoms with van der Waals surface area (Å²) in [6.45, 7) is 3.11. The normalized spacial score (nSPS) is 11.4. The Morgan fingerprint density at radius 1 is 1.37 bits per heavy atom. The van der Waals surface area contributed by atoms with Gasteiger partial charge in [-0.3, -0.25) is 10.0 Å². The lowest BCUT2D eigenvalue weighted by Crippen LogP contribution is -2.35. The molecular formula is C12H18FN2O3P. The lowest BCUT2D eigenvalue weighted by molar-refractivity contribution is -0.166. The summed E-state index contributed by atoms with van der Waals surface area (Å²) in [4.78, 5) is 11.5. The molecule has 1 rings (SSSR count). The standard InChI is InChI=1S/C12H18FN2O3P/c1-19(2,18)9-14-7-12(16)15(17)8-10-3-5-11(13)6-4-10/h3-6,14,17H,7-9H2,1-2H3. The lowest BCUT2D eigenvalue weighted by Gasteiger charge is -2.16. The highest BCUT2D eigenvalue weighted by atomic mass is 31.2. The summed E-state index contributed by atoms with van der Waals surface area (Å²) in [6, 6.07) is 5.50. The SMILES string of the molecule is CP(C)(=O)CNCC(=O)N(O)Cc1ccc(F)cc1. The van der Waals surface area contributed by atoms with Crippen LogP contribution < -0.4 is 5.32 Å². The van der Waals surface area contributed by atoms with Crippen LogP contribution in [-0.4, -0.2) is 42.3 Å². The number of rotatable bonds is 6. The van der Waals surface area contributed by atoms with Crippen LogP contribution in [0.3, 0.4) is 0 Å². The number of nitrogens with zero attached hydrogens (tertiary/aromatic N) is 1. The number of carbonyl (C=O) groups excluding carboxylic acids is 1. The summed E-state index contributed by atoms with van der Waals surface area (Å²) in [7, 11) is -2.23. The van der Waals surface area contributed by atoms with E-state index in [-0.39, 0.29) is 25.2 Å². The molecule has 0 aliphatic heterocycles. The third kappa shape index (κ3) is 6.47. The molecule has 0 saturated heterocycles. The summed E-state index contributed by atoms with van der Waals surface area (Å²) in [5.74, 6) is -0.902. The first-order valence-electron chi connectivity index (χ1n) is 5.76. The fraction of sp³-hybridized carbons (Fsp3) is 0.417. The van der Waals surface area contributed by atoms with Gasteiger partial charge in [0, 0.05) is 6.29 Å². The third-order valence-corrected chi connectivity index (χ3v) is 3.29. The van der Waals surface area contributed by atoms with Crippen LogP contribution in [0.1, 0.15) is 5.56 Å². The minimum Gasteiger partial charge on any atom is -0.323 e. The number of amides is 1. The van der Waals surface area contributed by atoms with Crippen LogP contribution in [0.4, 0.5) is 4.39 Å². The fourth-order valence-corrected chi connectivity index (χ4v) is 2.02. The molecule has 0 spiro atoms. The highest BCUT2D eigenvalue weighted by Gasteiger charge is 2.13. The number of halogens is 1. The molecule has 106 valence electrons. The minimum absolute atomic E-state index is 0.0172. The van der Waals surface area contributed by atoms with Gasteiger partial charge in [-0.25, -0.2) is 9.45 Å². The Balaban J connectivity index is 2.40. The van der Waals surface area contributed by atoms with Crippen LogP contribution >= 0.6 is 7.14 Å². The molecule has 0 unspecified atom stereocenters. The maximum atomic E-state index is 12.7. The minimum atomic E-state index is -2.23. The van der Waals surface area contributed by atoms with Gasteiger partial charge in [-0.15, -0.1) is 0 Å². The Hall–Kier alpha value is -1.23. The largest absolute Gasteiger partial charge is 0.323 e. The number of hydrogen-bond acceptors (Lipinski definition) is 4. The van der Waals surface area contributed by atoms with Gasteiger partial charge in [0.15, 0.2) is 0 Å². The van der Waals surface area contributed by atoms with Crippen molar-refractivity contribution in [3.8, 4) is 0 Å². The van der Waals surface area contributed by atoms with Crippen molar-refractivity contribution in [1.29, 1.82) is 0 Å². The van der Waals surface area contributed by atoms with Gasteiger partial charge in [-0.05, 0) is 31.0 Å². The van der Waals surface area contributed by atoms with E-state index in [0.717, 1.165) is 0 Å². The fourth-order valence-electron chi connectivity index (χ4n) is 1.37. The van der Waals surface area contributed by atoms with E-state index >= 15 is 0 Å². The van der Waals surface area contributed by atoms with E-state index in [2.05, 4.69) is 5.32 Å². The number of hydroxylamine groups is 2. The predicted molar refractivity (Wildman–Crippen MR) is 71.1 cm³/mol. The summed E-state index contributed by atoms with van der Waals surface area (Å²) in [5, 5.41) is 12.8. The van der Waals surface area contributed by atoms with Crippen molar-refractivity contribution in [3.05, 3.63) is 35.6 Å². The van der Waals surface area contributed by atoms with Crippen LogP contribution in [0.15, 0.2) is 24.3 Å². The van der Waals surface area contributed by atoms with E-state index < -0.39 is 13.0 Å². The van der Waals surface area contributed by atoms with Crippen LogP contribution in [0.5, 0.6) is 0 Å². The number of hydrogen-bond donors (Lipinski definition) is 2. The molecule has 0 atom stereocenters. The molecule has 2 N–H and O–H groups in total. The van der Waals surface area contributed by atoms with Crippen molar-refractivity contribution in [2.45, 2.75) is 6.54 Å². The van der Waals surface area contributed by atoms with E-state index in [1.807, 2.05) is 0 Å². The molecule has 1 aromatic carbocycles. The Morgan fingerprint density at radius 2 is 1.95 bits per heavy atom. The second kappa shape index (κ2) is 6.80. The van der Waals surface area contributed by atoms with Crippen molar-refractivity contribution in [2.75, 3.05) is 26.2 Å². The Kier molecular flexibility index (Phi) is 5.66. The smallest absolute Gasteiger partial charge is 0.260 e. The van der Waals surface area contributed by atoms with Crippen LogP contribution in [0, 0.1) is 5.82 Å². The van der Waals surface area contributed by atoms with Gasteiger partial charge >= 0.3 is 0 Å². The molecule has 1 amide bonds. The zero-order valence-electron chi connectivity index (χ0n) is 11.0. The van der Waals surface area contributed by atoms with E-state index in [0.29, 0.717) is 10.6 Å². The average molecular weight is 288 g/mol. The third-order valence-electron chi connectivity index (χ3n) is 2.30. The van der Waals surface area contributed by atoms with Gasteiger partial charge in [0.2, 0.25) is 0 Å². The summed E-state index contributed by atoms with van der Waals surface area (Å²) < 4.78 is 24.1. The summed E-state index contributed by atoms with van der Waals surface area (Å²) in [6.07, 6.45) is 0.239. The zero-order valence-corrected chi connectivity index (χ0v) is 11.9. The second-order valence-electron chi connectivity index (χ2n) is 4.74. The molecular weight excluding hydrogens is 270 g/mol. The van der Waals surface area contributed by atoms with E-state index in [4.69, 9.17) is 0 Å². The first-order valence-corrected chi connectivity index (χ1v) is 8.55. The lowest BCUT2D eigenvalue weighted by atomic mass is 10.2. The Labute approximate surface area is 111 Å². The van der Waals surface area contributed by atoms with Crippen molar-refractivity contribution < 1.29 is 19.0 Å². The first kappa shape index (κ1) is 15.8. The molecule has 0 bridgehead atoms. The maximum Gasteiger partial charge on any atom is 0.260 e. The van der Waals surface area contributed by atoms with Gasteiger partial charge in [0.05, 0.1) is 20.2 Å². The first-order chi connectivity index (χ1) is 8.78. The van der Waals surface area contributed by atoms with Crippen molar-refractivity contribution in [2.24, 2.45) is 0 Å². The van der Waals surface area contributed by atoms with Crippen molar-refractivity contribution >= 4 is 13.0 Å². The molecule has 0 saturated carbocycles. The Morgan fingerprint density at radius 3 is 2.47 bits per heavy atom. The number of nitrogens with one attached hydrogen (secondary N) is 1. The molecule has 0 aromatic heterocycles. The number of benzene rings is 1. The zero-order chi connectivity index (χ0) is 14.5. The molecule has 1 aromatic rings. The van der Waals surface area contributed by atoms with Crippen molar-refractivity contribution in [3.63, 3.8) is 0 Å². The predicted octanol–water partition coefficient (Wildman–Crippen LogP) is 1.71. The number of carbonyl (C=O) groups is 1. The molecule has 7 heteroatoms. The Bertz CT molecular complexity index is 472. The van der Waals surface area contributed by atoms with Crippen LogP contribution in [0.25, 0.3) is 0 Å². The quantitative estimate of drug-likeness (QED) is 0.475. The van der Waals surface area contributed by atoms with E-state index in [1.165, 1.54) is 24.3 Å². The topological polar surface area (TPSA) is 69.6 Å². The van der Waals surface area contributed by atoms with Gasteiger partial charge in [-0.2, -0.15) is 0 Å². The molecule has 0 aliphatic rings. The second-order valence-corrected chi connectivity index (χ2v) is 8.20. The highest BCUT2D eigenvalue weighted by Crippen LogP contribution is 2.33. The molecule has 0 radical (unpaired) electrons. The van der Waals surface area contributed by atoms with Crippen LogP contribution in [-0.2, 0) is 15.9 Å². The molecule has 0 fully saturated rings. The van der Waals surface area contributed by atoms with Gasteiger partial charge < -0.3 is 9.88 Å². The highest BCUT2D eigenvalue weighted by molar-refractivity contribution is 7.62. The maximum absolute atomic E-state index is 12.7. The molecule has 5 nitrogen and oxygen atoms in total. The molecule has 0 heterocycles. The van der Waals surface area contributed by atoms with E-state index in [1.54, 1.807) is 13.3 Å². The van der Waals surface area contributed by atoms with Gasteiger partial charge in [-0.1, -0.05) is 12.1 Å². The van der Waals surface area contributed by atoms with Gasteiger partial charge in [0.25, 0.3) is 5.91 Å². The van der Waals surface area contributed by atoms with E-state index in [9.17, 15) is 19.0 Å². The van der Waals surface area contributed by atoms with Gasteiger partial charge in [0.1, 0.15) is 5.82 Å². The molecule has 0 aliphatic carbocycles. The van der Waals surface area contributed by atoms with Crippen LogP contribution in [0.2, 0.25) is 0 Å². The van der Waals surface area contributed by atoms with Crippen molar-refractivity contribution in [1.82, 2.24) is 10.4 Å². The average Bonchev–Trinajstić information content (AvgIpc) is 2.30. The summed E-state index contributed by atoms with van der Waals surface area (Å²) in [5.41, 5.74) is 0.619. The summed E-state index contributed by atoms with van der Waals surface area (Å²) >= 11 is 0. The monoisotopic (exact) mass is 288 g/mol.